The molecule has 1 rings (SSSR count). The fourth-order valence-corrected chi connectivity index (χ4v) is 1.89. The quantitative estimate of drug-likeness (QED) is 0.745. The van der Waals surface area contributed by atoms with Crippen molar-refractivity contribution < 1.29 is 0 Å². The number of anilines is 1. The van der Waals surface area contributed by atoms with Crippen LogP contribution >= 0.6 is 15.9 Å². The summed E-state index contributed by atoms with van der Waals surface area (Å²) in [6.45, 7) is 6.34. The van der Waals surface area contributed by atoms with Crippen molar-refractivity contribution in [2.45, 2.75) is 26.7 Å². The van der Waals surface area contributed by atoms with Crippen LogP contribution in [0, 0.1) is 0 Å². The van der Waals surface area contributed by atoms with Gasteiger partial charge in [-0.05, 0) is 12.8 Å². The second-order valence-corrected chi connectivity index (χ2v) is 4.19. The van der Waals surface area contributed by atoms with Crippen molar-refractivity contribution in [3.05, 3.63) is 18.1 Å². The minimum absolute atomic E-state index is 0.962. The number of aryl methyl sites for hydroxylation is 1. The lowest BCUT2D eigenvalue weighted by Gasteiger charge is -2.22. The predicted octanol–water partition coefficient (Wildman–Crippen LogP) is 2.65. The molecular formula is C11H18BrN3. The van der Waals surface area contributed by atoms with Crippen LogP contribution < -0.4 is 4.90 Å². The highest BCUT2D eigenvalue weighted by Crippen LogP contribution is 2.12. The molecule has 4 heteroatoms. The van der Waals surface area contributed by atoms with Gasteiger partial charge in [-0.15, -0.1) is 0 Å². The summed E-state index contributed by atoms with van der Waals surface area (Å²) in [5.74, 6) is 1.04. The van der Waals surface area contributed by atoms with Crippen molar-refractivity contribution in [1.29, 1.82) is 0 Å². The van der Waals surface area contributed by atoms with Crippen LogP contribution in [0.1, 0.15) is 26.0 Å². The van der Waals surface area contributed by atoms with Crippen LogP contribution in [0.3, 0.4) is 0 Å². The lowest BCUT2D eigenvalue weighted by Crippen LogP contribution is -2.27. The van der Waals surface area contributed by atoms with Crippen LogP contribution in [-0.4, -0.2) is 28.4 Å². The Morgan fingerprint density at radius 2 is 2.07 bits per heavy atom. The van der Waals surface area contributed by atoms with Crippen LogP contribution in [-0.2, 0) is 6.42 Å². The molecule has 0 amide bonds. The molecule has 15 heavy (non-hydrogen) atoms. The highest BCUT2D eigenvalue weighted by atomic mass is 79.9. The zero-order valence-electron chi connectivity index (χ0n) is 9.41. The van der Waals surface area contributed by atoms with Gasteiger partial charge < -0.3 is 4.90 Å². The van der Waals surface area contributed by atoms with E-state index in [1.807, 2.05) is 0 Å². The average Bonchev–Trinajstić information content (AvgIpc) is 2.29. The zero-order valence-corrected chi connectivity index (χ0v) is 11.0. The molecule has 0 fully saturated rings. The Morgan fingerprint density at radius 1 is 1.27 bits per heavy atom. The van der Waals surface area contributed by atoms with Crippen LogP contribution in [0.4, 0.5) is 5.82 Å². The van der Waals surface area contributed by atoms with E-state index in [9.17, 15) is 0 Å². The average molecular weight is 272 g/mol. The molecule has 0 aliphatic heterocycles. The maximum absolute atomic E-state index is 4.32. The SMILES string of the molecule is CCCN(CCBr)c1cc(CC)ncn1. The van der Waals surface area contributed by atoms with E-state index < -0.39 is 0 Å². The van der Waals surface area contributed by atoms with Crippen molar-refractivity contribution in [1.82, 2.24) is 9.97 Å². The molecule has 1 aromatic rings. The van der Waals surface area contributed by atoms with Crippen molar-refractivity contribution in [2.75, 3.05) is 23.3 Å². The fourth-order valence-electron chi connectivity index (χ4n) is 1.46. The summed E-state index contributed by atoms with van der Waals surface area (Å²) in [4.78, 5) is 10.8. The van der Waals surface area contributed by atoms with Gasteiger partial charge in [0.25, 0.3) is 0 Å². The maximum atomic E-state index is 4.32. The summed E-state index contributed by atoms with van der Waals surface area (Å²) >= 11 is 3.47. The molecule has 0 radical (unpaired) electrons. The van der Waals surface area contributed by atoms with Crippen LogP contribution in [0.2, 0.25) is 0 Å². The number of hydrogen-bond acceptors (Lipinski definition) is 3. The van der Waals surface area contributed by atoms with Crippen molar-refractivity contribution in [3.63, 3.8) is 0 Å². The van der Waals surface area contributed by atoms with Crippen molar-refractivity contribution >= 4 is 21.7 Å². The number of nitrogens with zero attached hydrogens (tertiary/aromatic N) is 3. The molecule has 0 unspecified atom stereocenters. The molecule has 0 N–H and O–H groups in total. The normalized spacial score (nSPS) is 10.3. The third-order valence-corrected chi connectivity index (χ3v) is 2.60. The minimum Gasteiger partial charge on any atom is -0.356 e. The highest BCUT2D eigenvalue weighted by Gasteiger charge is 2.06. The highest BCUT2D eigenvalue weighted by molar-refractivity contribution is 9.09. The smallest absolute Gasteiger partial charge is 0.132 e. The van der Waals surface area contributed by atoms with E-state index in [1.165, 1.54) is 0 Å². The Labute approximate surface area is 100 Å². The van der Waals surface area contributed by atoms with E-state index in [0.717, 1.165) is 42.8 Å². The fraction of sp³-hybridized carbons (Fsp3) is 0.636. The number of hydrogen-bond donors (Lipinski definition) is 0. The molecule has 0 saturated heterocycles. The van der Waals surface area contributed by atoms with Gasteiger partial charge >= 0.3 is 0 Å². The molecule has 0 spiro atoms. The van der Waals surface area contributed by atoms with E-state index in [-0.39, 0.29) is 0 Å². The lowest BCUT2D eigenvalue weighted by atomic mass is 10.3. The first-order valence-corrected chi connectivity index (χ1v) is 6.55. The first-order chi connectivity index (χ1) is 7.31. The Balaban J connectivity index is 2.79. The molecule has 3 nitrogen and oxygen atoms in total. The van der Waals surface area contributed by atoms with Gasteiger partial charge in [0.05, 0.1) is 0 Å². The maximum Gasteiger partial charge on any atom is 0.132 e. The summed E-state index contributed by atoms with van der Waals surface area (Å²) in [6.07, 6.45) is 3.76. The number of rotatable bonds is 6. The number of alkyl halides is 1. The van der Waals surface area contributed by atoms with Gasteiger partial charge in [-0.3, -0.25) is 0 Å². The second-order valence-electron chi connectivity index (χ2n) is 3.40. The summed E-state index contributed by atoms with van der Waals surface area (Å²) in [7, 11) is 0. The van der Waals surface area contributed by atoms with Gasteiger partial charge in [-0.25, -0.2) is 9.97 Å². The predicted molar refractivity (Wildman–Crippen MR) is 67.7 cm³/mol. The standard InChI is InChI=1S/C11H18BrN3/c1-3-6-15(7-5-12)11-8-10(4-2)13-9-14-11/h8-9H,3-7H2,1-2H3. The molecule has 0 bridgehead atoms. The third kappa shape index (κ3) is 3.78. The van der Waals surface area contributed by atoms with E-state index in [0.29, 0.717) is 0 Å². The minimum atomic E-state index is 0.962. The van der Waals surface area contributed by atoms with E-state index in [1.54, 1.807) is 6.33 Å². The topological polar surface area (TPSA) is 29.0 Å². The van der Waals surface area contributed by atoms with Gasteiger partial charge in [0, 0.05) is 30.2 Å². The first kappa shape index (κ1) is 12.4. The van der Waals surface area contributed by atoms with Gasteiger partial charge in [0.15, 0.2) is 0 Å². The monoisotopic (exact) mass is 271 g/mol. The van der Waals surface area contributed by atoms with Crippen molar-refractivity contribution in [3.8, 4) is 0 Å². The van der Waals surface area contributed by atoms with Crippen molar-refractivity contribution in [2.24, 2.45) is 0 Å². The summed E-state index contributed by atoms with van der Waals surface area (Å²) in [6, 6.07) is 2.08. The first-order valence-electron chi connectivity index (χ1n) is 5.43. The Bertz CT molecular complexity index is 285. The third-order valence-electron chi connectivity index (χ3n) is 2.24. The van der Waals surface area contributed by atoms with Crippen LogP contribution in [0.5, 0.6) is 0 Å². The molecular weight excluding hydrogens is 254 g/mol. The zero-order chi connectivity index (χ0) is 11.1. The van der Waals surface area contributed by atoms with Gasteiger partial charge in [0.1, 0.15) is 12.1 Å². The molecule has 0 saturated carbocycles. The summed E-state index contributed by atoms with van der Waals surface area (Å²) in [5, 5.41) is 0.971. The summed E-state index contributed by atoms with van der Waals surface area (Å²) in [5.41, 5.74) is 1.11. The largest absolute Gasteiger partial charge is 0.356 e. The number of halogens is 1. The Morgan fingerprint density at radius 3 is 2.67 bits per heavy atom. The van der Waals surface area contributed by atoms with Gasteiger partial charge in [-0.2, -0.15) is 0 Å². The summed E-state index contributed by atoms with van der Waals surface area (Å²) < 4.78 is 0. The molecule has 0 aliphatic carbocycles. The molecule has 1 aromatic heterocycles. The van der Waals surface area contributed by atoms with Gasteiger partial charge in [0.2, 0.25) is 0 Å². The lowest BCUT2D eigenvalue weighted by molar-refractivity contribution is 0.778. The Kier molecular flexibility index (Phi) is 5.61. The van der Waals surface area contributed by atoms with Crippen LogP contribution in [0.15, 0.2) is 12.4 Å². The van der Waals surface area contributed by atoms with E-state index in [2.05, 4.69) is 50.7 Å². The molecule has 0 aromatic carbocycles. The van der Waals surface area contributed by atoms with Crippen LogP contribution in [0.25, 0.3) is 0 Å². The molecule has 84 valence electrons. The molecule has 1 heterocycles. The second kappa shape index (κ2) is 6.77. The van der Waals surface area contributed by atoms with Gasteiger partial charge in [-0.1, -0.05) is 29.8 Å². The Hall–Kier alpha value is -0.640. The van der Waals surface area contributed by atoms with E-state index >= 15 is 0 Å². The molecule has 0 aliphatic rings. The van der Waals surface area contributed by atoms with E-state index in [4.69, 9.17) is 0 Å². The molecule has 0 atom stereocenters. The number of aromatic nitrogens is 2.